The number of nitrogen functional groups attached to an aromatic ring is 1. The maximum atomic E-state index is 13.2. The number of carbonyl (C=O) groups excluding carboxylic acids is 1. The van der Waals surface area contributed by atoms with Crippen molar-refractivity contribution in [1.82, 2.24) is 19.7 Å². The van der Waals surface area contributed by atoms with Crippen LogP contribution in [0.2, 0.25) is 0 Å². The first kappa shape index (κ1) is 23.4. The molecule has 11 heteroatoms. The van der Waals surface area contributed by atoms with Gasteiger partial charge in [0.25, 0.3) is 15.9 Å². The van der Waals surface area contributed by atoms with Crippen molar-refractivity contribution in [3.63, 3.8) is 0 Å². The lowest BCUT2D eigenvalue weighted by molar-refractivity contribution is 0.0981. The fraction of sp³-hybridized carbons (Fsp3) is 0.304. The van der Waals surface area contributed by atoms with E-state index in [9.17, 15) is 13.2 Å². The minimum Gasteiger partial charge on any atom is -0.481 e. The summed E-state index contributed by atoms with van der Waals surface area (Å²) in [6.45, 7) is 4.10. The molecular formula is C23H28N6O4S. The van der Waals surface area contributed by atoms with Crippen LogP contribution in [0.15, 0.2) is 53.6 Å². The molecular weight excluding hydrogens is 456 g/mol. The Morgan fingerprint density at radius 1 is 1.03 bits per heavy atom. The number of aromatic nitrogens is 3. The number of carbonyl (C=O) groups is 1. The largest absolute Gasteiger partial charge is 0.481 e. The highest BCUT2D eigenvalue weighted by atomic mass is 32.2. The molecule has 3 aromatic heterocycles. The first-order chi connectivity index (χ1) is 16.2. The van der Waals surface area contributed by atoms with Gasteiger partial charge in [-0.2, -0.15) is 8.42 Å². The van der Waals surface area contributed by atoms with Gasteiger partial charge < -0.3 is 15.4 Å². The Kier molecular flexibility index (Phi) is 6.38. The average Bonchev–Trinajstić information content (AvgIpc) is 3.16. The Bertz CT molecular complexity index is 1330. The van der Waals surface area contributed by atoms with Gasteiger partial charge in [-0.1, -0.05) is 12.1 Å². The van der Waals surface area contributed by atoms with Gasteiger partial charge in [-0.15, -0.1) is 0 Å². The van der Waals surface area contributed by atoms with Gasteiger partial charge in [0.05, 0.1) is 24.1 Å². The van der Waals surface area contributed by atoms with E-state index in [1.54, 1.807) is 30.3 Å². The number of hydrogen-bond acceptors (Lipinski definition) is 9. The summed E-state index contributed by atoms with van der Waals surface area (Å²) in [4.78, 5) is 28.3. The number of ether oxygens (including phenoxy) is 1. The van der Waals surface area contributed by atoms with E-state index >= 15 is 0 Å². The summed E-state index contributed by atoms with van der Waals surface area (Å²) < 4.78 is 32.9. The summed E-state index contributed by atoms with van der Waals surface area (Å²) in [5.41, 5.74) is 6.86. The predicted molar refractivity (Wildman–Crippen MR) is 130 cm³/mol. The lowest BCUT2D eigenvalue weighted by Gasteiger charge is -2.29. The summed E-state index contributed by atoms with van der Waals surface area (Å²) in [5, 5.41) is -0.338. The Hall–Kier alpha value is -3.73. The SMILES string of the molecule is COc1cccc(-c2ccc(C(=O)NS(=O)(=O)c3cccc(N)n3)c(N3[C@H](C)CC[C@@H]3C)n2)n1.[HH]. The molecule has 4 heterocycles. The predicted octanol–water partition coefficient (Wildman–Crippen LogP) is 2.87. The molecule has 0 radical (unpaired) electrons. The number of rotatable bonds is 6. The van der Waals surface area contributed by atoms with Gasteiger partial charge in [-0.25, -0.2) is 19.7 Å². The summed E-state index contributed by atoms with van der Waals surface area (Å²) in [6, 6.07) is 13.0. The Labute approximate surface area is 199 Å². The van der Waals surface area contributed by atoms with Crippen molar-refractivity contribution in [2.75, 3.05) is 17.7 Å². The van der Waals surface area contributed by atoms with Crippen molar-refractivity contribution in [2.24, 2.45) is 0 Å². The van der Waals surface area contributed by atoms with Crippen molar-refractivity contribution in [3.8, 4) is 17.3 Å². The van der Waals surface area contributed by atoms with Crippen molar-refractivity contribution < 1.29 is 19.4 Å². The Morgan fingerprint density at radius 2 is 1.71 bits per heavy atom. The molecule has 34 heavy (non-hydrogen) atoms. The average molecular weight is 485 g/mol. The Balaban J connectivity index is 0.00000342. The topological polar surface area (TPSA) is 140 Å². The van der Waals surface area contributed by atoms with Gasteiger partial charge in [-0.05, 0) is 57.0 Å². The van der Waals surface area contributed by atoms with Crippen molar-refractivity contribution >= 4 is 27.6 Å². The lowest BCUT2D eigenvalue weighted by Crippen LogP contribution is -2.37. The van der Waals surface area contributed by atoms with Crippen LogP contribution in [0.4, 0.5) is 11.6 Å². The second-order valence-corrected chi connectivity index (χ2v) is 9.78. The van der Waals surface area contributed by atoms with Crippen LogP contribution in [-0.4, -0.2) is 48.5 Å². The van der Waals surface area contributed by atoms with Crippen molar-refractivity contribution in [3.05, 3.63) is 54.1 Å². The van der Waals surface area contributed by atoms with Gasteiger partial charge in [0.1, 0.15) is 11.6 Å². The molecule has 1 fully saturated rings. The molecule has 0 spiro atoms. The summed E-state index contributed by atoms with van der Waals surface area (Å²) in [5.74, 6) is 0.0647. The minimum atomic E-state index is -4.23. The first-order valence-electron chi connectivity index (χ1n) is 10.8. The van der Waals surface area contributed by atoms with Gasteiger partial charge in [-0.3, -0.25) is 4.79 Å². The fourth-order valence-corrected chi connectivity index (χ4v) is 5.00. The highest BCUT2D eigenvalue weighted by molar-refractivity contribution is 7.90. The van der Waals surface area contributed by atoms with Crippen LogP contribution >= 0.6 is 0 Å². The molecule has 3 aromatic rings. The molecule has 4 rings (SSSR count). The Morgan fingerprint density at radius 3 is 2.38 bits per heavy atom. The third-order valence-corrected chi connectivity index (χ3v) is 6.99. The van der Waals surface area contributed by atoms with E-state index in [4.69, 9.17) is 15.5 Å². The standard InChI is InChI=1S/C23H26N6O4S.H2/c1-14-10-11-15(2)29(14)22-16(12-13-18(26-22)17-6-4-8-20(25-17)33-3)23(30)28-34(31,32)21-9-5-7-19(24)27-21;/h4-9,12-15H,10-11H2,1-3H3,(H2,24,27)(H,28,30);1H/t14-,15+;. The molecule has 0 saturated carbocycles. The van der Waals surface area contributed by atoms with E-state index in [1.807, 2.05) is 4.90 Å². The number of methoxy groups -OCH3 is 1. The van der Waals surface area contributed by atoms with E-state index in [0.29, 0.717) is 23.1 Å². The van der Waals surface area contributed by atoms with Gasteiger partial charge in [0.15, 0.2) is 5.03 Å². The van der Waals surface area contributed by atoms with E-state index in [-0.39, 0.29) is 29.9 Å². The minimum absolute atomic E-state index is 0. The molecule has 0 unspecified atom stereocenters. The second-order valence-electron chi connectivity index (χ2n) is 8.15. The van der Waals surface area contributed by atoms with Crippen LogP contribution in [0.3, 0.4) is 0 Å². The molecule has 1 aliphatic rings. The second kappa shape index (κ2) is 9.26. The molecule has 0 aromatic carbocycles. The van der Waals surface area contributed by atoms with Crippen LogP contribution in [-0.2, 0) is 10.0 Å². The maximum absolute atomic E-state index is 13.2. The van der Waals surface area contributed by atoms with E-state index in [1.165, 1.54) is 25.3 Å². The summed E-state index contributed by atoms with van der Waals surface area (Å²) in [7, 11) is -2.71. The van der Waals surface area contributed by atoms with Crippen LogP contribution in [0, 0.1) is 0 Å². The van der Waals surface area contributed by atoms with E-state index < -0.39 is 15.9 Å². The number of nitrogens with two attached hydrogens (primary N) is 1. The van der Waals surface area contributed by atoms with Crippen LogP contribution in [0.1, 0.15) is 38.5 Å². The lowest BCUT2D eigenvalue weighted by atomic mass is 10.1. The number of nitrogens with one attached hydrogen (secondary N) is 1. The number of pyridine rings is 3. The number of hydrogen-bond donors (Lipinski definition) is 2. The zero-order chi connectivity index (χ0) is 24.5. The smallest absolute Gasteiger partial charge is 0.281 e. The number of sulfonamides is 1. The van der Waals surface area contributed by atoms with Crippen LogP contribution in [0.5, 0.6) is 5.88 Å². The third kappa shape index (κ3) is 4.65. The summed E-state index contributed by atoms with van der Waals surface area (Å²) >= 11 is 0. The molecule has 10 nitrogen and oxygen atoms in total. The third-order valence-electron chi connectivity index (χ3n) is 5.76. The normalized spacial score (nSPS) is 18.0. The first-order valence-corrected chi connectivity index (χ1v) is 12.3. The molecule has 0 aliphatic carbocycles. The molecule has 0 bridgehead atoms. The van der Waals surface area contributed by atoms with Gasteiger partial charge in [0, 0.05) is 19.6 Å². The van der Waals surface area contributed by atoms with Gasteiger partial charge >= 0.3 is 0 Å². The number of amides is 1. The van der Waals surface area contributed by atoms with Crippen molar-refractivity contribution in [2.45, 2.75) is 43.8 Å². The van der Waals surface area contributed by atoms with Crippen LogP contribution < -0.4 is 20.1 Å². The molecule has 1 amide bonds. The zero-order valence-electron chi connectivity index (χ0n) is 19.1. The quantitative estimate of drug-likeness (QED) is 0.540. The zero-order valence-corrected chi connectivity index (χ0v) is 19.9. The highest BCUT2D eigenvalue weighted by Crippen LogP contribution is 2.33. The van der Waals surface area contributed by atoms with E-state index in [2.05, 4.69) is 28.5 Å². The maximum Gasteiger partial charge on any atom is 0.281 e. The summed E-state index contributed by atoms with van der Waals surface area (Å²) in [6.07, 6.45) is 1.86. The highest BCUT2D eigenvalue weighted by Gasteiger charge is 2.33. The molecule has 1 aliphatic heterocycles. The van der Waals surface area contributed by atoms with E-state index in [0.717, 1.165) is 12.8 Å². The number of anilines is 2. The molecule has 3 N–H and O–H groups in total. The van der Waals surface area contributed by atoms with Crippen molar-refractivity contribution in [1.29, 1.82) is 0 Å². The molecule has 1 saturated heterocycles. The fourth-order valence-electron chi connectivity index (χ4n) is 4.06. The molecule has 180 valence electrons. The molecule has 2 atom stereocenters. The van der Waals surface area contributed by atoms with Crippen LogP contribution in [0.25, 0.3) is 11.4 Å². The monoisotopic (exact) mass is 484 g/mol. The number of nitrogens with zero attached hydrogens (tertiary/aromatic N) is 4. The van der Waals surface area contributed by atoms with Gasteiger partial charge in [0.2, 0.25) is 5.88 Å².